The first-order valence-electron chi connectivity index (χ1n) is 15.9. The van der Waals surface area contributed by atoms with Crippen LogP contribution in [-0.4, -0.2) is 39.8 Å². The summed E-state index contributed by atoms with van der Waals surface area (Å²) in [5.41, 5.74) is 1.22. The van der Waals surface area contributed by atoms with E-state index in [0.29, 0.717) is 11.8 Å². The molecule has 232 valence electrons. The van der Waals surface area contributed by atoms with Gasteiger partial charge in [0.2, 0.25) is 11.8 Å². The number of carbonyl (C=O) groups excluding carboxylic acids is 4. The first-order valence-corrected chi connectivity index (χ1v) is 16.2. The van der Waals surface area contributed by atoms with Crippen LogP contribution >= 0.6 is 11.6 Å². The Hall–Kier alpha value is -4.96. The highest BCUT2D eigenvalue weighted by Gasteiger charge is 2.70. The fourth-order valence-electron chi connectivity index (χ4n) is 10.3. The smallest absolute Gasteiger partial charge is 0.274 e. The van der Waals surface area contributed by atoms with Crippen LogP contribution in [0.3, 0.4) is 0 Å². The van der Waals surface area contributed by atoms with Gasteiger partial charge in [-0.25, -0.2) is 4.90 Å². The van der Waals surface area contributed by atoms with E-state index in [1.807, 2.05) is 48.5 Å². The Morgan fingerprint density at radius 3 is 2.00 bits per heavy atom. The molecule has 10 nitrogen and oxygen atoms in total. The second-order valence-corrected chi connectivity index (χ2v) is 14.3. The van der Waals surface area contributed by atoms with Crippen LogP contribution in [-0.2, 0) is 24.6 Å². The predicted molar refractivity (Wildman–Crippen MR) is 168 cm³/mol. The maximum atomic E-state index is 14.7. The molecule has 3 aromatic rings. The Bertz CT molecular complexity index is 2030. The Labute approximate surface area is 272 Å². The summed E-state index contributed by atoms with van der Waals surface area (Å²) >= 11 is 6.09. The number of allylic oxidation sites excluding steroid dienone is 2. The minimum Gasteiger partial charge on any atom is -0.274 e. The number of nitrogens with zero attached hydrogens (tertiary/aromatic N) is 4. The molecule has 4 amide bonds. The minimum absolute atomic E-state index is 0.0264. The van der Waals surface area contributed by atoms with Crippen molar-refractivity contribution in [3.05, 3.63) is 116 Å². The van der Waals surface area contributed by atoms with Crippen molar-refractivity contribution in [1.82, 2.24) is 5.01 Å². The van der Waals surface area contributed by atoms with Gasteiger partial charge in [0.15, 0.2) is 0 Å². The molecule has 0 unspecified atom stereocenters. The SMILES string of the molecule is O=C1[C@@H]2[C@H]3C=C[C@@H]([C@@H]4C[C@H]34)[C@@H]2C(=O)N1/N=C\C12c3ccccc3C(c3ccccc31)[C@H]1C(=O)N(c3ccc(Cl)cc3[N+](=O)[O-])C(=O)[C@@H]12. The number of hydrazone groups is 1. The van der Waals surface area contributed by atoms with Gasteiger partial charge in [0, 0.05) is 23.2 Å². The van der Waals surface area contributed by atoms with Gasteiger partial charge in [-0.1, -0.05) is 72.3 Å². The zero-order valence-corrected chi connectivity index (χ0v) is 25.4. The van der Waals surface area contributed by atoms with Crippen LogP contribution in [0.15, 0.2) is 84.0 Å². The minimum atomic E-state index is -1.34. The van der Waals surface area contributed by atoms with Crippen molar-refractivity contribution in [2.45, 2.75) is 17.8 Å². The lowest BCUT2D eigenvalue weighted by molar-refractivity contribution is -0.384. The van der Waals surface area contributed by atoms with Gasteiger partial charge in [-0.2, -0.15) is 10.1 Å². The van der Waals surface area contributed by atoms with Gasteiger partial charge < -0.3 is 0 Å². The third-order valence-electron chi connectivity index (χ3n) is 12.1. The number of imide groups is 2. The van der Waals surface area contributed by atoms with Crippen LogP contribution in [0.2, 0.25) is 5.02 Å². The van der Waals surface area contributed by atoms with Crippen molar-refractivity contribution in [2.75, 3.05) is 4.90 Å². The highest BCUT2D eigenvalue weighted by atomic mass is 35.5. The third kappa shape index (κ3) is 3.14. The van der Waals surface area contributed by atoms with Crippen LogP contribution in [0.5, 0.6) is 0 Å². The Kier molecular flexibility index (Phi) is 5.14. The van der Waals surface area contributed by atoms with Crippen molar-refractivity contribution in [3.8, 4) is 0 Å². The Balaban J connectivity index is 1.16. The average Bonchev–Trinajstić information content (AvgIpc) is 3.81. The summed E-state index contributed by atoms with van der Waals surface area (Å²) in [7, 11) is 0. The molecule has 0 radical (unpaired) electrons. The van der Waals surface area contributed by atoms with Gasteiger partial charge in [0.25, 0.3) is 17.5 Å². The topological polar surface area (TPSA) is 130 Å². The van der Waals surface area contributed by atoms with Gasteiger partial charge in [-0.3, -0.25) is 29.3 Å². The zero-order valence-electron chi connectivity index (χ0n) is 24.6. The average molecular weight is 645 g/mol. The van der Waals surface area contributed by atoms with Crippen molar-refractivity contribution in [3.63, 3.8) is 0 Å². The molecule has 2 heterocycles. The van der Waals surface area contributed by atoms with Gasteiger partial charge in [-0.15, -0.1) is 0 Å². The summed E-state index contributed by atoms with van der Waals surface area (Å²) in [5.74, 6) is -4.23. The number of hydrogen-bond acceptors (Lipinski definition) is 7. The zero-order chi connectivity index (χ0) is 32.1. The van der Waals surface area contributed by atoms with Crippen molar-refractivity contribution >= 4 is 52.8 Å². The fourth-order valence-corrected chi connectivity index (χ4v) is 10.5. The second kappa shape index (κ2) is 8.89. The summed E-state index contributed by atoms with van der Waals surface area (Å²) in [5, 5.41) is 17.9. The van der Waals surface area contributed by atoms with E-state index in [1.165, 1.54) is 18.3 Å². The van der Waals surface area contributed by atoms with Crippen LogP contribution in [0.4, 0.5) is 11.4 Å². The first kappa shape index (κ1) is 27.2. The lowest BCUT2D eigenvalue weighted by Gasteiger charge is -2.52. The van der Waals surface area contributed by atoms with Crippen molar-refractivity contribution < 1.29 is 24.1 Å². The number of carbonyl (C=O) groups is 4. The number of rotatable bonds is 4. The molecule has 0 spiro atoms. The lowest BCUT2D eigenvalue weighted by atomic mass is 9.47. The molecule has 47 heavy (non-hydrogen) atoms. The molecule has 12 rings (SSSR count). The predicted octanol–water partition coefficient (Wildman–Crippen LogP) is 4.84. The van der Waals surface area contributed by atoms with E-state index >= 15 is 0 Å². The molecule has 9 aliphatic rings. The molecule has 11 heteroatoms. The summed E-state index contributed by atoms with van der Waals surface area (Å²) in [6.07, 6.45) is 6.78. The number of nitro benzene ring substituents is 1. The van der Waals surface area contributed by atoms with Gasteiger partial charge in [0.1, 0.15) is 5.69 Å². The molecule has 4 fully saturated rings. The van der Waals surface area contributed by atoms with Crippen LogP contribution in [0.1, 0.15) is 34.6 Å². The number of nitro groups is 1. The van der Waals surface area contributed by atoms with E-state index in [-0.39, 0.29) is 34.4 Å². The molecule has 7 aliphatic carbocycles. The van der Waals surface area contributed by atoms with Gasteiger partial charge >= 0.3 is 0 Å². The van der Waals surface area contributed by atoms with Crippen LogP contribution < -0.4 is 4.90 Å². The molecule has 0 N–H and O–H groups in total. The number of halogens is 1. The number of anilines is 1. The summed E-state index contributed by atoms with van der Waals surface area (Å²) in [6, 6.07) is 19.0. The van der Waals surface area contributed by atoms with E-state index in [2.05, 4.69) is 17.3 Å². The van der Waals surface area contributed by atoms with E-state index in [1.54, 1.807) is 0 Å². The normalized spacial score (nSPS) is 36.5. The molecule has 2 saturated carbocycles. The van der Waals surface area contributed by atoms with Gasteiger partial charge in [0.05, 0.1) is 34.0 Å². The molecule has 8 atom stereocenters. The Morgan fingerprint density at radius 2 is 1.40 bits per heavy atom. The maximum Gasteiger partial charge on any atom is 0.294 e. The largest absolute Gasteiger partial charge is 0.294 e. The molecule has 2 saturated heterocycles. The van der Waals surface area contributed by atoms with Crippen molar-refractivity contribution in [1.29, 1.82) is 0 Å². The van der Waals surface area contributed by atoms with E-state index in [4.69, 9.17) is 11.6 Å². The molecule has 4 bridgehead atoms. The summed E-state index contributed by atoms with van der Waals surface area (Å²) < 4.78 is 0. The summed E-state index contributed by atoms with van der Waals surface area (Å²) in [4.78, 5) is 69.5. The number of hydrogen-bond donors (Lipinski definition) is 0. The molecule has 3 aromatic carbocycles. The van der Waals surface area contributed by atoms with E-state index in [0.717, 1.165) is 44.6 Å². The molecular weight excluding hydrogens is 620 g/mol. The van der Waals surface area contributed by atoms with Crippen molar-refractivity contribution in [2.24, 2.45) is 52.4 Å². The Morgan fingerprint density at radius 1 is 0.809 bits per heavy atom. The molecule has 2 aliphatic heterocycles. The third-order valence-corrected chi connectivity index (χ3v) is 12.3. The molecular formula is C36H25ClN4O6. The fraction of sp³-hybridized carbons (Fsp3) is 0.306. The highest BCUT2D eigenvalue weighted by Crippen LogP contribution is 2.66. The second-order valence-electron chi connectivity index (χ2n) is 13.8. The van der Waals surface area contributed by atoms with E-state index < -0.39 is 57.4 Å². The van der Waals surface area contributed by atoms with Gasteiger partial charge in [-0.05, 0) is 64.5 Å². The van der Waals surface area contributed by atoms with Crippen LogP contribution in [0, 0.1) is 57.5 Å². The first-order chi connectivity index (χ1) is 22.7. The van der Waals surface area contributed by atoms with E-state index in [9.17, 15) is 29.3 Å². The number of benzene rings is 3. The summed E-state index contributed by atoms with van der Waals surface area (Å²) in [6.45, 7) is 0. The lowest BCUT2D eigenvalue weighted by Crippen LogP contribution is -2.55. The molecule has 0 aromatic heterocycles. The highest BCUT2D eigenvalue weighted by molar-refractivity contribution is 6.31. The quantitative estimate of drug-likeness (QED) is 0.131. The number of amides is 4. The monoisotopic (exact) mass is 644 g/mol. The standard InChI is InChI=1S/C36H25ClN4O6/c37-16-9-12-25(26(13-16)41(46)47)39-32(42)30-27-19-5-1-3-7-23(19)36(31(30)35(39)45,24-8-4-2-6-20(24)27)15-38-40-33(43)28-17-10-11-18(22-14-21(17)22)29(28)34(40)44/h1-13,15,17-18,21-22,27-31H,14H2/b38-15-/t17-,18-,21-,22+,27?,28-,29+,30+,31+,36?/m0/s1. The maximum absolute atomic E-state index is 14.7. The van der Waals surface area contributed by atoms with Crippen LogP contribution in [0.25, 0.3) is 0 Å².